The number of H-pyrrole nitrogens is 1. The molecule has 1 aliphatic rings. The third kappa shape index (κ3) is 2.71. The largest absolute Gasteiger partial charge is 0.388 e. The van der Waals surface area contributed by atoms with E-state index in [9.17, 15) is 9.50 Å². The van der Waals surface area contributed by atoms with E-state index >= 15 is 0 Å². The maximum absolute atomic E-state index is 13.2. The Morgan fingerprint density at radius 3 is 3.15 bits per heavy atom. The molecule has 0 aliphatic carbocycles. The summed E-state index contributed by atoms with van der Waals surface area (Å²) in [5.74, 6) is 1.59. The minimum Gasteiger partial charge on any atom is -0.388 e. The Labute approximate surface area is 122 Å². The highest BCUT2D eigenvalue weighted by atomic mass is 32.2. The molecule has 2 aromatic rings. The van der Waals surface area contributed by atoms with E-state index in [0.717, 1.165) is 34.4 Å². The highest BCUT2D eigenvalue weighted by Crippen LogP contribution is 2.29. The fourth-order valence-electron chi connectivity index (χ4n) is 2.67. The number of hydrogen-bond acceptors (Lipinski definition) is 3. The molecule has 2 atom stereocenters. The van der Waals surface area contributed by atoms with Crippen LogP contribution in [0.2, 0.25) is 0 Å². The van der Waals surface area contributed by atoms with Crippen molar-refractivity contribution < 1.29 is 9.50 Å². The summed E-state index contributed by atoms with van der Waals surface area (Å²) >= 11 is 1.80. The number of benzene rings is 1. The summed E-state index contributed by atoms with van der Waals surface area (Å²) in [4.78, 5) is 3.10. The molecule has 3 nitrogen and oxygen atoms in total. The highest BCUT2D eigenvalue weighted by Gasteiger charge is 2.31. The molecular weight excluding hydrogens is 275 g/mol. The number of nitrogens with one attached hydrogen (secondary N) is 2. The van der Waals surface area contributed by atoms with Crippen molar-refractivity contribution in [2.45, 2.75) is 25.0 Å². The lowest BCUT2D eigenvalue weighted by molar-refractivity contribution is 0.0652. The number of halogens is 1. The van der Waals surface area contributed by atoms with E-state index < -0.39 is 5.60 Å². The van der Waals surface area contributed by atoms with Crippen LogP contribution in [0.1, 0.15) is 24.9 Å². The topological polar surface area (TPSA) is 48.0 Å². The molecular formula is C15H19FN2OS. The number of aromatic amines is 1. The molecule has 1 fully saturated rings. The van der Waals surface area contributed by atoms with Gasteiger partial charge in [0.2, 0.25) is 0 Å². The molecule has 108 valence electrons. The van der Waals surface area contributed by atoms with Crippen molar-refractivity contribution in [2.75, 3.05) is 18.1 Å². The molecule has 2 unspecified atom stereocenters. The summed E-state index contributed by atoms with van der Waals surface area (Å²) in [7, 11) is 0. The molecule has 1 aliphatic heterocycles. The van der Waals surface area contributed by atoms with Gasteiger partial charge in [-0.2, -0.15) is 11.8 Å². The minimum atomic E-state index is -0.586. The summed E-state index contributed by atoms with van der Waals surface area (Å²) < 4.78 is 13.2. The predicted octanol–water partition coefficient (Wildman–Crippen LogP) is 2.83. The van der Waals surface area contributed by atoms with Gasteiger partial charge in [-0.25, -0.2) is 4.39 Å². The van der Waals surface area contributed by atoms with Gasteiger partial charge in [0.15, 0.2) is 0 Å². The van der Waals surface area contributed by atoms with Crippen LogP contribution in [0.5, 0.6) is 0 Å². The standard InChI is InChI=1S/C15H19FN2OS/c1-10(18-8-15(19)4-5-20-9-15)13-7-17-14-6-11(16)2-3-12(13)14/h2-3,6-7,10,17-19H,4-5,8-9H2,1H3. The van der Waals surface area contributed by atoms with Crippen molar-refractivity contribution >= 4 is 22.7 Å². The fourth-order valence-corrected chi connectivity index (χ4v) is 3.96. The van der Waals surface area contributed by atoms with Gasteiger partial charge in [0, 0.05) is 35.4 Å². The van der Waals surface area contributed by atoms with Crippen LogP contribution < -0.4 is 5.32 Å². The van der Waals surface area contributed by atoms with Crippen molar-refractivity contribution in [1.82, 2.24) is 10.3 Å². The van der Waals surface area contributed by atoms with Crippen LogP contribution in [0.25, 0.3) is 10.9 Å². The van der Waals surface area contributed by atoms with Gasteiger partial charge in [-0.3, -0.25) is 0 Å². The Balaban J connectivity index is 1.73. The van der Waals surface area contributed by atoms with Crippen molar-refractivity contribution in [1.29, 1.82) is 0 Å². The SMILES string of the molecule is CC(NCC1(O)CCSC1)c1c[nH]c2cc(F)ccc12. The molecule has 0 saturated carbocycles. The monoisotopic (exact) mass is 294 g/mol. The second kappa shape index (κ2) is 5.39. The number of rotatable bonds is 4. The Bertz CT molecular complexity index is 607. The Morgan fingerprint density at radius 1 is 1.55 bits per heavy atom. The van der Waals surface area contributed by atoms with Gasteiger partial charge in [-0.15, -0.1) is 0 Å². The number of hydrogen-bond donors (Lipinski definition) is 3. The molecule has 2 heterocycles. The maximum atomic E-state index is 13.2. The van der Waals surface area contributed by atoms with E-state index in [-0.39, 0.29) is 11.9 Å². The fraction of sp³-hybridized carbons (Fsp3) is 0.467. The molecule has 1 saturated heterocycles. The highest BCUT2D eigenvalue weighted by molar-refractivity contribution is 7.99. The van der Waals surface area contributed by atoms with Crippen LogP contribution in [0.4, 0.5) is 4.39 Å². The van der Waals surface area contributed by atoms with Crippen LogP contribution in [0, 0.1) is 5.82 Å². The molecule has 0 amide bonds. The number of aromatic nitrogens is 1. The van der Waals surface area contributed by atoms with Crippen LogP contribution in [0.15, 0.2) is 24.4 Å². The first-order valence-electron chi connectivity index (χ1n) is 6.87. The van der Waals surface area contributed by atoms with Crippen molar-refractivity contribution in [3.63, 3.8) is 0 Å². The van der Waals surface area contributed by atoms with Gasteiger partial charge >= 0.3 is 0 Å². The van der Waals surface area contributed by atoms with E-state index in [1.807, 2.05) is 6.20 Å². The maximum Gasteiger partial charge on any atom is 0.125 e. The molecule has 3 N–H and O–H groups in total. The molecule has 1 aromatic heterocycles. The summed E-state index contributed by atoms with van der Waals surface area (Å²) in [5.41, 5.74) is 1.33. The van der Waals surface area contributed by atoms with E-state index in [2.05, 4.69) is 17.2 Å². The smallest absolute Gasteiger partial charge is 0.125 e. The first-order valence-corrected chi connectivity index (χ1v) is 8.03. The third-order valence-corrected chi connectivity index (χ3v) is 5.20. The van der Waals surface area contributed by atoms with Crippen LogP contribution in [0.3, 0.4) is 0 Å². The normalized spacial score (nSPS) is 24.4. The molecule has 0 spiro atoms. The first kappa shape index (κ1) is 13.9. The van der Waals surface area contributed by atoms with Crippen LogP contribution >= 0.6 is 11.8 Å². The van der Waals surface area contributed by atoms with Gasteiger partial charge in [0.1, 0.15) is 5.82 Å². The molecule has 0 bridgehead atoms. The van der Waals surface area contributed by atoms with Gasteiger partial charge in [-0.1, -0.05) is 0 Å². The van der Waals surface area contributed by atoms with E-state index in [1.165, 1.54) is 12.1 Å². The van der Waals surface area contributed by atoms with Gasteiger partial charge in [0.05, 0.1) is 5.60 Å². The van der Waals surface area contributed by atoms with Crippen LogP contribution in [-0.4, -0.2) is 33.7 Å². The summed E-state index contributed by atoms with van der Waals surface area (Å²) in [5, 5.41) is 14.8. The van der Waals surface area contributed by atoms with Gasteiger partial charge in [-0.05, 0) is 42.9 Å². The lowest BCUT2D eigenvalue weighted by Gasteiger charge is -2.24. The molecule has 20 heavy (non-hydrogen) atoms. The van der Waals surface area contributed by atoms with E-state index in [0.29, 0.717) is 6.54 Å². The van der Waals surface area contributed by atoms with Crippen molar-refractivity contribution in [3.8, 4) is 0 Å². The average Bonchev–Trinajstić information content (AvgIpc) is 3.02. The quantitative estimate of drug-likeness (QED) is 0.812. The molecule has 3 rings (SSSR count). The summed E-state index contributed by atoms with van der Waals surface area (Å²) in [6.45, 7) is 2.66. The number of aliphatic hydroxyl groups is 1. The second-order valence-corrected chi connectivity index (χ2v) is 6.67. The minimum absolute atomic E-state index is 0.115. The van der Waals surface area contributed by atoms with E-state index in [4.69, 9.17) is 0 Å². The third-order valence-electron chi connectivity index (χ3n) is 3.96. The Morgan fingerprint density at radius 2 is 2.40 bits per heavy atom. The Hall–Kier alpha value is -1.04. The summed E-state index contributed by atoms with van der Waals surface area (Å²) in [6, 6.07) is 4.90. The predicted molar refractivity (Wildman–Crippen MR) is 81.6 cm³/mol. The summed E-state index contributed by atoms with van der Waals surface area (Å²) in [6.07, 6.45) is 2.76. The Kier molecular flexibility index (Phi) is 3.75. The molecule has 1 aromatic carbocycles. The van der Waals surface area contributed by atoms with Gasteiger partial charge < -0.3 is 15.4 Å². The van der Waals surface area contributed by atoms with Gasteiger partial charge in [0.25, 0.3) is 0 Å². The zero-order chi connectivity index (χ0) is 14.2. The zero-order valence-corrected chi connectivity index (χ0v) is 12.3. The lowest BCUT2D eigenvalue weighted by atomic mass is 10.0. The number of fused-ring (bicyclic) bond motifs is 1. The van der Waals surface area contributed by atoms with E-state index in [1.54, 1.807) is 17.8 Å². The number of thioether (sulfide) groups is 1. The first-order chi connectivity index (χ1) is 9.57. The van der Waals surface area contributed by atoms with Crippen LogP contribution in [-0.2, 0) is 0 Å². The molecule has 5 heteroatoms. The average molecular weight is 294 g/mol. The van der Waals surface area contributed by atoms with Crippen molar-refractivity contribution in [2.24, 2.45) is 0 Å². The lowest BCUT2D eigenvalue weighted by Crippen LogP contribution is -2.41. The molecule has 0 radical (unpaired) electrons. The second-order valence-electron chi connectivity index (χ2n) is 5.56. The van der Waals surface area contributed by atoms with Crippen molar-refractivity contribution in [3.05, 3.63) is 35.8 Å². The zero-order valence-electron chi connectivity index (χ0n) is 11.4.